The number of thiazole rings is 1. The third kappa shape index (κ3) is 4.11. The second kappa shape index (κ2) is 7.84. The van der Waals surface area contributed by atoms with Gasteiger partial charge in [-0.3, -0.25) is 4.79 Å². The van der Waals surface area contributed by atoms with Gasteiger partial charge < -0.3 is 20.5 Å². The Hall–Kier alpha value is -2.12. The Morgan fingerprint density at radius 1 is 1.32 bits per heavy atom. The van der Waals surface area contributed by atoms with Gasteiger partial charge in [-0.05, 0) is 30.2 Å². The summed E-state index contributed by atoms with van der Waals surface area (Å²) in [4.78, 5) is 16.9. The van der Waals surface area contributed by atoms with Crippen LogP contribution < -0.4 is 20.5 Å². The normalized spacial score (nSPS) is 14.4. The number of amides is 1. The van der Waals surface area contributed by atoms with E-state index in [0.717, 1.165) is 22.1 Å². The highest BCUT2D eigenvalue weighted by Crippen LogP contribution is 2.34. The Balaban J connectivity index is 1.77. The van der Waals surface area contributed by atoms with Gasteiger partial charge in [-0.1, -0.05) is 19.9 Å². The molecule has 3 N–H and O–H groups in total. The predicted molar refractivity (Wildman–Crippen MR) is 97.3 cm³/mol. The predicted octanol–water partition coefficient (Wildman–Crippen LogP) is 2.54. The fourth-order valence-electron chi connectivity index (χ4n) is 2.76. The maximum absolute atomic E-state index is 12.6. The van der Waals surface area contributed by atoms with Crippen LogP contribution in [0.1, 0.15) is 40.9 Å². The first-order chi connectivity index (χ1) is 12.1. The topological polar surface area (TPSA) is 86.5 Å². The summed E-state index contributed by atoms with van der Waals surface area (Å²) in [6, 6.07) is 5.68. The minimum absolute atomic E-state index is 0.136. The zero-order chi connectivity index (χ0) is 17.8. The largest absolute Gasteiger partial charge is 0.486 e. The summed E-state index contributed by atoms with van der Waals surface area (Å²) in [6.45, 7) is 5.77. The Bertz CT molecular complexity index is 745. The number of aromatic nitrogens is 1. The van der Waals surface area contributed by atoms with Crippen molar-refractivity contribution in [3.8, 4) is 11.5 Å². The molecule has 1 atom stereocenters. The summed E-state index contributed by atoms with van der Waals surface area (Å²) in [7, 11) is 0. The molecule has 0 aliphatic carbocycles. The van der Waals surface area contributed by atoms with Crippen LogP contribution in [0.5, 0.6) is 11.5 Å². The van der Waals surface area contributed by atoms with E-state index in [4.69, 9.17) is 15.2 Å². The van der Waals surface area contributed by atoms with Crippen molar-refractivity contribution in [2.24, 2.45) is 11.7 Å². The lowest BCUT2D eigenvalue weighted by atomic mass is 9.95. The fourth-order valence-corrected chi connectivity index (χ4v) is 3.55. The average molecular weight is 361 g/mol. The number of carbonyl (C=O) groups excluding carboxylic acids is 1. The van der Waals surface area contributed by atoms with Gasteiger partial charge in [0.25, 0.3) is 5.91 Å². The number of nitrogens with two attached hydrogens (primary N) is 1. The van der Waals surface area contributed by atoms with Crippen molar-refractivity contribution in [1.29, 1.82) is 0 Å². The molecule has 2 heterocycles. The molecule has 7 heteroatoms. The highest BCUT2D eigenvalue weighted by atomic mass is 32.1. The molecule has 0 spiro atoms. The molecule has 1 unspecified atom stereocenters. The van der Waals surface area contributed by atoms with Gasteiger partial charge in [0.15, 0.2) is 11.5 Å². The number of benzene rings is 1. The van der Waals surface area contributed by atoms with Crippen LogP contribution in [0.4, 0.5) is 0 Å². The second-order valence-electron chi connectivity index (χ2n) is 6.26. The first kappa shape index (κ1) is 17.7. The van der Waals surface area contributed by atoms with E-state index in [2.05, 4.69) is 24.1 Å². The summed E-state index contributed by atoms with van der Waals surface area (Å²) in [5.41, 5.74) is 6.97. The minimum atomic E-state index is -0.173. The lowest BCUT2D eigenvalue weighted by Gasteiger charge is -2.25. The van der Waals surface area contributed by atoms with Crippen LogP contribution in [-0.4, -0.2) is 30.6 Å². The van der Waals surface area contributed by atoms with Crippen molar-refractivity contribution in [2.75, 3.05) is 19.8 Å². The maximum atomic E-state index is 12.6. The zero-order valence-corrected chi connectivity index (χ0v) is 15.3. The molecular formula is C18H23N3O3S. The summed E-state index contributed by atoms with van der Waals surface area (Å²) < 4.78 is 11.2. The van der Waals surface area contributed by atoms with Crippen molar-refractivity contribution in [3.63, 3.8) is 0 Å². The highest BCUT2D eigenvalue weighted by Gasteiger charge is 2.23. The highest BCUT2D eigenvalue weighted by molar-refractivity contribution is 7.09. The molecular weight excluding hydrogens is 338 g/mol. The first-order valence-electron chi connectivity index (χ1n) is 8.43. The van der Waals surface area contributed by atoms with E-state index in [0.29, 0.717) is 31.9 Å². The number of carbonyl (C=O) groups is 1. The monoisotopic (exact) mass is 361 g/mol. The molecule has 1 aliphatic heterocycles. The number of rotatable bonds is 6. The molecule has 0 saturated heterocycles. The van der Waals surface area contributed by atoms with Crippen LogP contribution in [0.15, 0.2) is 23.6 Å². The van der Waals surface area contributed by atoms with Crippen LogP contribution in [0.2, 0.25) is 0 Å². The Labute approximate surface area is 151 Å². The molecule has 1 aromatic heterocycles. The quantitative estimate of drug-likeness (QED) is 0.826. The zero-order valence-electron chi connectivity index (χ0n) is 14.5. The first-order valence-corrected chi connectivity index (χ1v) is 9.31. The van der Waals surface area contributed by atoms with Crippen LogP contribution in [-0.2, 0) is 6.42 Å². The SMILES string of the molecule is CC(C)C(NC(=O)c1csc(CCN)n1)c1ccc2c(c1)OCCO2. The average Bonchev–Trinajstić information content (AvgIpc) is 3.08. The van der Waals surface area contributed by atoms with E-state index in [-0.39, 0.29) is 17.9 Å². The lowest BCUT2D eigenvalue weighted by molar-refractivity contribution is 0.0920. The summed E-state index contributed by atoms with van der Waals surface area (Å²) in [5, 5.41) is 5.75. The van der Waals surface area contributed by atoms with Crippen LogP contribution >= 0.6 is 11.3 Å². The van der Waals surface area contributed by atoms with Crippen molar-refractivity contribution in [1.82, 2.24) is 10.3 Å². The number of hydrogen-bond acceptors (Lipinski definition) is 6. The van der Waals surface area contributed by atoms with E-state index in [1.54, 1.807) is 5.38 Å². The number of fused-ring (bicyclic) bond motifs is 1. The molecule has 6 nitrogen and oxygen atoms in total. The van der Waals surface area contributed by atoms with Gasteiger partial charge in [-0.2, -0.15) is 0 Å². The fraction of sp³-hybridized carbons (Fsp3) is 0.444. The summed E-state index contributed by atoms with van der Waals surface area (Å²) in [6.07, 6.45) is 0.688. The minimum Gasteiger partial charge on any atom is -0.486 e. The summed E-state index contributed by atoms with van der Waals surface area (Å²) >= 11 is 1.46. The molecule has 0 bridgehead atoms. The third-order valence-corrected chi connectivity index (χ3v) is 4.93. The van der Waals surface area contributed by atoms with E-state index in [9.17, 15) is 4.79 Å². The lowest BCUT2D eigenvalue weighted by Crippen LogP contribution is -2.32. The molecule has 0 saturated carbocycles. The Kier molecular flexibility index (Phi) is 5.55. The summed E-state index contributed by atoms with van der Waals surface area (Å²) in [5.74, 6) is 1.51. The van der Waals surface area contributed by atoms with E-state index in [1.807, 2.05) is 18.2 Å². The standard InChI is InChI=1S/C18H23N3O3S/c1-11(2)17(12-3-4-14-15(9-12)24-8-7-23-14)21-18(22)13-10-25-16(20-13)5-6-19/h3-4,9-11,17H,5-8,19H2,1-2H3,(H,21,22). The second-order valence-corrected chi connectivity index (χ2v) is 7.21. The number of nitrogens with one attached hydrogen (secondary N) is 1. The van der Waals surface area contributed by atoms with E-state index in [1.165, 1.54) is 11.3 Å². The molecule has 134 valence electrons. The Morgan fingerprint density at radius 3 is 2.80 bits per heavy atom. The third-order valence-electron chi connectivity index (χ3n) is 4.02. The van der Waals surface area contributed by atoms with Gasteiger partial charge in [0.2, 0.25) is 0 Å². The van der Waals surface area contributed by atoms with Gasteiger partial charge >= 0.3 is 0 Å². The maximum Gasteiger partial charge on any atom is 0.271 e. The molecule has 0 radical (unpaired) electrons. The van der Waals surface area contributed by atoms with Crippen molar-refractivity contribution < 1.29 is 14.3 Å². The van der Waals surface area contributed by atoms with Crippen molar-refractivity contribution >= 4 is 17.2 Å². The van der Waals surface area contributed by atoms with Gasteiger partial charge in [-0.25, -0.2) is 4.98 Å². The molecule has 0 fully saturated rings. The molecule has 1 aromatic carbocycles. The molecule has 1 aliphatic rings. The van der Waals surface area contributed by atoms with Crippen LogP contribution in [0.25, 0.3) is 0 Å². The van der Waals surface area contributed by atoms with Crippen LogP contribution in [0, 0.1) is 5.92 Å². The van der Waals surface area contributed by atoms with E-state index < -0.39 is 0 Å². The number of nitrogens with zero attached hydrogens (tertiary/aromatic N) is 1. The van der Waals surface area contributed by atoms with Gasteiger partial charge in [-0.15, -0.1) is 11.3 Å². The number of hydrogen-bond donors (Lipinski definition) is 2. The number of ether oxygens (including phenoxy) is 2. The van der Waals surface area contributed by atoms with Gasteiger partial charge in [0, 0.05) is 11.8 Å². The van der Waals surface area contributed by atoms with Gasteiger partial charge in [0.1, 0.15) is 18.9 Å². The molecule has 1 amide bonds. The smallest absolute Gasteiger partial charge is 0.271 e. The van der Waals surface area contributed by atoms with E-state index >= 15 is 0 Å². The molecule has 25 heavy (non-hydrogen) atoms. The van der Waals surface area contributed by atoms with Crippen molar-refractivity contribution in [2.45, 2.75) is 26.3 Å². The van der Waals surface area contributed by atoms with Gasteiger partial charge in [0.05, 0.1) is 11.0 Å². The molecule has 2 aromatic rings. The molecule has 3 rings (SSSR count). The van der Waals surface area contributed by atoms with Crippen LogP contribution in [0.3, 0.4) is 0 Å². The Morgan fingerprint density at radius 2 is 2.08 bits per heavy atom. The van der Waals surface area contributed by atoms with Crippen molar-refractivity contribution in [3.05, 3.63) is 39.8 Å².